The first-order valence-corrected chi connectivity index (χ1v) is 6.46. The third-order valence-electron chi connectivity index (χ3n) is 3.16. The lowest BCUT2D eigenvalue weighted by atomic mass is 10.1. The molecule has 0 bridgehead atoms. The average molecular weight is 264 g/mol. The predicted octanol–water partition coefficient (Wildman–Crippen LogP) is 0.154. The molecule has 1 fully saturated rings. The van der Waals surface area contributed by atoms with E-state index in [2.05, 4.69) is 15.5 Å². The molecule has 1 aliphatic rings. The van der Waals surface area contributed by atoms with Gasteiger partial charge in [-0.3, -0.25) is 4.79 Å². The van der Waals surface area contributed by atoms with Gasteiger partial charge < -0.3 is 15.0 Å². The van der Waals surface area contributed by atoms with Gasteiger partial charge in [-0.05, 0) is 19.9 Å². The molecule has 0 aromatic carbocycles. The Morgan fingerprint density at radius 1 is 1.53 bits per heavy atom. The van der Waals surface area contributed by atoms with Crippen molar-refractivity contribution in [1.82, 2.24) is 20.4 Å². The molecule has 0 saturated carbocycles. The fourth-order valence-electron chi connectivity index (χ4n) is 2.10. The van der Waals surface area contributed by atoms with Gasteiger partial charge in [0.1, 0.15) is 0 Å². The van der Waals surface area contributed by atoms with Crippen LogP contribution in [-0.4, -0.2) is 60.4 Å². The third kappa shape index (κ3) is 3.48. The lowest BCUT2D eigenvalue weighted by Crippen LogP contribution is -2.45. The quantitative estimate of drug-likeness (QED) is 0.842. The SMILES string of the molecule is Cc1cc(C(=O)N(C)CC2CNCCO2)c(C)nn1. The number of hydrogen-bond acceptors (Lipinski definition) is 5. The summed E-state index contributed by atoms with van der Waals surface area (Å²) < 4.78 is 5.60. The lowest BCUT2D eigenvalue weighted by molar-refractivity contribution is 0.0103. The zero-order chi connectivity index (χ0) is 13.8. The second kappa shape index (κ2) is 6.08. The molecule has 1 aromatic heterocycles. The van der Waals surface area contributed by atoms with E-state index in [1.807, 2.05) is 6.92 Å². The average Bonchev–Trinajstić information content (AvgIpc) is 2.42. The maximum absolute atomic E-state index is 12.4. The van der Waals surface area contributed by atoms with Gasteiger partial charge in [0.25, 0.3) is 5.91 Å². The van der Waals surface area contributed by atoms with Crippen LogP contribution in [0.25, 0.3) is 0 Å². The molecule has 104 valence electrons. The summed E-state index contributed by atoms with van der Waals surface area (Å²) >= 11 is 0. The highest BCUT2D eigenvalue weighted by molar-refractivity contribution is 5.95. The maximum atomic E-state index is 12.4. The van der Waals surface area contributed by atoms with E-state index in [1.165, 1.54) is 0 Å². The van der Waals surface area contributed by atoms with Crippen LogP contribution < -0.4 is 5.32 Å². The third-order valence-corrected chi connectivity index (χ3v) is 3.16. The first kappa shape index (κ1) is 13.9. The minimum atomic E-state index is -0.0373. The first-order valence-electron chi connectivity index (χ1n) is 6.46. The van der Waals surface area contributed by atoms with Crippen LogP contribution in [0, 0.1) is 13.8 Å². The van der Waals surface area contributed by atoms with Crippen molar-refractivity contribution in [1.29, 1.82) is 0 Å². The summed E-state index contributed by atoms with van der Waals surface area (Å²) in [6, 6.07) is 1.78. The number of nitrogens with one attached hydrogen (secondary N) is 1. The van der Waals surface area contributed by atoms with Crippen LogP contribution in [-0.2, 0) is 4.74 Å². The van der Waals surface area contributed by atoms with Crippen LogP contribution in [0.3, 0.4) is 0 Å². The zero-order valence-corrected chi connectivity index (χ0v) is 11.6. The van der Waals surface area contributed by atoms with Crippen molar-refractivity contribution in [2.45, 2.75) is 20.0 Å². The number of aryl methyl sites for hydroxylation is 2. The highest BCUT2D eigenvalue weighted by Crippen LogP contribution is 2.09. The van der Waals surface area contributed by atoms with Gasteiger partial charge in [0, 0.05) is 26.7 Å². The first-order chi connectivity index (χ1) is 9.08. The van der Waals surface area contributed by atoms with Crippen LogP contribution in [0.1, 0.15) is 21.7 Å². The van der Waals surface area contributed by atoms with E-state index in [-0.39, 0.29) is 12.0 Å². The normalized spacial score (nSPS) is 19.2. The molecule has 1 N–H and O–H groups in total. The van der Waals surface area contributed by atoms with Gasteiger partial charge in [-0.15, -0.1) is 0 Å². The molecule has 2 heterocycles. The summed E-state index contributed by atoms with van der Waals surface area (Å²) in [5.74, 6) is -0.0373. The summed E-state index contributed by atoms with van der Waals surface area (Å²) in [5, 5.41) is 11.2. The number of amides is 1. The molecular weight excluding hydrogens is 244 g/mol. The number of rotatable bonds is 3. The second-order valence-electron chi connectivity index (χ2n) is 4.87. The van der Waals surface area contributed by atoms with Gasteiger partial charge in [0.15, 0.2) is 0 Å². The summed E-state index contributed by atoms with van der Waals surface area (Å²) in [5.41, 5.74) is 2.02. The molecule has 2 rings (SSSR count). The molecule has 19 heavy (non-hydrogen) atoms. The molecule has 1 aliphatic heterocycles. The Labute approximate surface area is 113 Å². The summed E-state index contributed by atoms with van der Waals surface area (Å²) in [6.45, 7) is 6.56. The molecule has 1 amide bonds. The number of aromatic nitrogens is 2. The number of morpholine rings is 1. The topological polar surface area (TPSA) is 67.4 Å². The van der Waals surface area contributed by atoms with Crippen LogP contribution in [0.4, 0.5) is 0 Å². The lowest BCUT2D eigenvalue weighted by Gasteiger charge is -2.28. The summed E-state index contributed by atoms with van der Waals surface area (Å²) in [7, 11) is 1.79. The largest absolute Gasteiger partial charge is 0.374 e. The van der Waals surface area contributed by atoms with Gasteiger partial charge >= 0.3 is 0 Å². The number of likely N-dealkylation sites (N-methyl/N-ethyl adjacent to an activating group) is 1. The zero-order valence-electron chi connectivity index (χ0n) is 11.6. The number of ether oxygens (including phenoxy) is 1. The van der Waals surface area contributed by atoms with E-state index < -0.39 is 0 Å². The van der Waals surface area contributed by atoms with Crippen molar-refractivity contribution in [3.8, 4) is 0 Å². The number of hydrogen-bond donors (Lipinski definition) is 1. The second-order valence-corrected chi connectivity index (χ2v) is 4.87. The Balaban J connectivity index is 2.03. The standard InChI is InChI=1S/C13H20N4O2/c1-9-6-12(10(2)16-15-9)13(18)17(3)8-11-7-14-4-5-19-11/h6,11,14H,4-5,7-8H2,1-3H3. The van der Waals surface area contributed by atoms with E-state index in [4.69, 9.17) is 4.74 Å². The Kier molecular flexibility index (Phi) is 4.44. The van der Waals surface area contributed by atoms with Crippen molar-refractivity contribution < 1.29 is 9.53 Å². The highest BCUT2D eigenvalue weighted by atomic mass is 16.5. The number of carbonyl (C=O) groups excluding carboxylic acids is 1. The fraction of sp³-hybridized carbons (Fsp3) is 0.615. The van der Waals surface area contributed by atoms with Crippen LogP contribution in [0.2, 0.25) is 0 Å². The van der Waals surface area contributed by atoms with Crippen molar-refractivity contribution >= 4 is 5.91 Å². The Morgan fingerprint density at radius 2 is 2.32 bits per heavy atom. The van der Waals surface area contributed by atoms with E-state index in [1.54, 1.807) is 24.9 Å². The van der Waals surface area contributed by atoms with Crippen molar-refractivity contribution in [2.75, 3.05) is 33.3 Å². The molecule has 6 heteroatoms. The molecule has 0 spiro atoms. The number of carbonyl (C=O) groups is 1. The minimum Gasteiger partial charge on any atom is -0.374 e. The van der Waals surface area contributed by atoms with E-state index in [0.29, 0.717) is 24.4 Å². The fourth-order valence-corrected chi connectivity index (χ4v) is 2.10. The van der Waals surface area contributed by atoms with Gasteiger partial charge in [0.05, 0.1) is 29.7 Å². The summed E-state index contributed by atoms with van der Waals surface area (Å²) in [4.78, 5) is 14.1. The molecular formula is C13H20N4O2. The maximum Gasteiger partial charge on any atom is 0.255 e. The molecule has 1 atom stereocenters. The molecule has 1 saturated heterocycles. The molecule has 6 nitrogen and oxygen atoms in total. The molecule has 1 aromatic rings. The Morgan fingerprint density at radius 3 is 3.00 bits per heavy atom. The summed E-state index contributed by atoms with van der Waals surface area (Å²) in [6.07, 6.45) is 0.0545. The molecule has 1 unspecified atom stereocenters. The van der Waals surface area contributed by atoms with E-state index in [9.17, 15) is 4.79 Å². The monoisotopic (exact) mass is 264 g/mol. The van der Waals surface area contributed by atoms with Gasteiger partial charge in [-0.25, -0.2) is 0 Å². The van der Waals surface area contributed by atoms with Crippen molar-refractivity contribution in [2.24, 2.45) is 0 Å². The van der Waals surface area contributed by atoms with Crippen molar-refractivity contribution in [3.63, 3.8) is 0 Å². The van der Waals surface area contributed by atoms with Crippen LogP contribution >= 0.6 is 0 Å². The smallest absolute Gasteiger partial charge is 0.255 e. The predicted molar refractivity (Wildman–Crippen MR) is 71.1 cm³/mol. The van der Waals surface area contributed by atoms with Crippen LogP contribution in [0.5, 0.6) is 0 Å². The Bertz CT molecular complexity index is 458. The van der Waals surface area contributed by atoms with Gasteiger partial charge in [0.2, 0.25) is 0 Å². The molecule has 0 aliphatic carbocycles. The van der Waals surface area contributed by atoms with Gasteiger partial charge in [-0.2, -0.15) is 10.2 Å². The van der Waals surface area contributed by atoms with E-state index >= 15 is 0 Å². The van der Waals surface area contributed by atoms with E-state index in [0.717, 1.165) is 18.8 Å². The van der Waals surface area contributed by atoms with Crippen molar-refractivity contribution in [3.05, 3.63) is 23.0 Å². The minimum absolute atomic E-state index is 0.0373. The van der Waals surface area contributed by atoms with Crippen LogP contribution in [0.15, 0.2) is 6.07 Å². The Hall–Kier alpha value is -1.53. The number of nitrogens with zero attached hydrogens (tertiary/aromatic N) is 3. The van der Waals surface area contributed by atoms with Gasteiger partial charge in [-0.1, -0.05) is 0 Å². The molecule has 0 radical (unpaired) electrons. The highest BCUT2D eigenvalue weighted by Gasteiger charge is 2.21.